The van der Waals surface area contributed by atoms with Crippen molar-refractivity contribution < 1.29 is 9.53 Å². The number of nitrogens with one attached hydrogen (secondary N) is 2. The van der Waals surface area contributed by atoms with E-state index in [1.54, 1.807) is 20.8 Å². The van der Waals surface area contributed by atoms with Crippen molar-refractivity contribution in [2.45, 2.75) is 44.7 Å². The molecule has 106 valence electrons. The zero-order valence-electron chi connectivity index (χ0n) is 11.9. The van der Waals surface area contributed by atoms with E-state index < -0.39 is 11.7 Å². The Balaban J connectivity index is 2.78. The molecule has 0 radical (unpaired) electrons. The van der Waals surface area contributed by atoms with E-state index in [9.17, 15) is 9.59 Å². The van der Waals surface area contributed by atoms with Gasteiger partial charge in [-0.05, 0) is 40.0 Å². The molecule has 0 saturated heterocycles. The lowest BCUT2D eigenvalue weighted by Crippen LogP contribution is -2.33. The van der Waals surface area contributed by atoms with Crippen LogP contribution in [-0.2, 0) is 11.3 Å². The van der Waals surface area contributed by atoms with Gasteiger partial charge in [0, 0.05) is 10.6 Å². The van der Waals surface area contributed by atoms with Crippen LogP contribution in [0.15, 0.2) is 15.8 Å². The third-order valence-electron chi connectivity index (χ3n) is 2.26. The van der Waals surface area contributed by atoms with E-state index in [1.807, 2.05) is 19.2 Å². The van der Waals surface area contributed by atoms with Crippen molar-refractivity contribution in [1.82, 2.24) is 10.3 Å². The maximum absolute atomic E-state index is 11.9. The second kappa shape index (κ2) is 6.14. The van der Waals surface area contributed by atoms with Gasteiger partial charge in [-0.1, -0.05) is 0 Å². The summed E-state index contributed by atoms with van der Waals surface area (Å²) in [4.78, 5) is 27.0. The number of carbonyl (C=O) groups is 1. The van der Waals surface area contributed by atoms with Crippen LogP contribution in [0.4, 0.5) is 4.79 Å². The quantitative estimate of drug-likeness (QED) is 0.836. The molecule has 0 spiro atoms. The first kappa shape index (κ1) is 15.6. The number of pyridine rings is 1. The monoisotopic (exact) mass is 284 g/mol. The molecule has 1 aromatic rings. The molecule has 1 aromatic heterocycles. The lowest BCUT2D eigenvalue weighted by Gasteiger charge is -2.19. The molecule has 1 rings (SSSR count). The van der Waals surface area contributed by atoms with E-state index >= 15 is 0 Å². The molecule has 0 atom stereocenters. The van der Waals surface area contributed by atoms with Gasteiger partial charge in [0.15, 0.2) is 0 Å². The number of carbonyl (C=O) groups excluding carboxylic acids is 1. The molecule has 0 aliphatic heterocycles. The molecule has 5 nitrogen and oxygen atoms in total. The highest BCUT2D eigenvalue weighted by atomic mass is 32.2. The Bertz CT molecular complexity index is 518. The fraction of sp³-hybridized carbons (Fsp3) is 0.538. The average Bonchev–Trinajstić information content (AvgIpc) is 2.24. The summed E-state index contributed by atoms with van der Waals surface area (Å²) >= 11 is 1.48. The van der Waals surface area contributed by atoms with Gasteiger partial charge in [0.1, 0.15) is 5.60 Å². The molecule has 0 aliphatic rings. The first-order valence-electron chi connectivity index (χ1n) is 5.96. The number of hydrogen-bond donors (Lipinski definition) is 2. The largest absolute Gasteiger partial charge is 0.444 e. The summed E-state index contributed by atoms with van der Waals surface area (Å²) < 4.78 is 5.13. The summed E-state index contributed by atoms with van der Waals surface area (Å²) in [5.74, 6) is 0. The van der Waals surface area contributed by atoms with Crippen LogP contribution in [0.3, 0.4) is 0 Å². The first-order chi connectivity index (χ1) is 8.73. The Morgan fingerprint density at radius 1 is 1.47 bits per heavy atom. The van der Waals surface area contributed by atoms with E-state index in [2.05, 4.69) is 10.3 Å². The minimum Gasteiger partial charge on any atom is -0.444 e. The summed E-state index contributed by atoms with van der Waals surface area (Å²) in [6, 6.07) is 1.89. The van der Waals surface area contributed by atoms with E-state index in [4.69, 9.17) is 4.74 Å². The lowest BCUT2D eigenvalue weighted by atomic mass is 10.2. The number of aromatic nitrogens is 1. The number of hydrogen-bond acceptors (Lipinski definition) is 4. The fourth-order valence-corrected chi connectivity index (χ4v) is 2.22. The van der Waals surface area contributed by atoms with Crippen molar-refractivity contribution in [3.05, 3.63) is 27.7 Å². The molecular formula is C13H20N2O3S. The van der Waals surface area contributed by atoms with Gasteiger partial charge in [-0.2, -0.15) is 0 Å². The number of thioether (sulfide) groups is 1. The topological polar surface area (TPSA) is 71.2 Å². The second-order valence-electron chi connectivity index (χ2n) is 5.18. The summed E-state index contributed by atoms with van der Waals surface area (Å²) in [5.41, 5.74) is 0.617. The van der Waals surface area contributed by atoms with Gasteiger partial charge in [0.25, 0.3) is 5.56 Å². The van der Waals surface area contributed by atoms with Crippen molar-refractivity contribution in [1.29, 1.82) is 0 Å². The molecule has 0 aromatic carbocycles. The summed E-state index contributed by atoms with van der Waals surface area (Å²) in [6.45, 7) is 7.35. The summed E-state index contributed by atoms with van der Waals surface area (Å²) in [5, 5.41) is 2.60. The average molecular weight is 284 g/mol. The second-order valence-corrected chi connectivity index (χ2v) is 6.03. The van der Waals surface area contributed by atoms with Gasteiger partial charge in [-0.15, -0.1) is 11.8 Å². The smallest absolute Gasteiger partial charge is 0.407 e. The fourth-order valence-electron chi connectivity index (χ4n) is 1.51. The van der Waals surface area contributed by atoms with Crippen LogP contribution in [0, 0.1) is 6.92 Å². The highest BCUT2D eigenvalue weighted by Gasteiger charge is 2.17. The molecule has 0 bridgehead atoms. The van der Waals surface area contributed by atoms with Crippen LogP contribution in [0.2, 0.25) is 0 Å². The Labute approximate surface area is 117 Å². The zero-order valence-corrected chi connectivity index (χ0v) is 12.7. The lowest BCUT2D eigenvalue weighted by molar-refractivity contribution is 0.0523. The van der Waals surface area contributed by atoms with Crippen molar-refractivity contribution in [2.75, 3.05) is 6.26 Å². The molecule has 19 heavy (non-hydrogen) atoms. The van der Waals surface area contributed by atoms with Gasteiger partial charge in [0.2, 0.25) is 0 Å². The van der Waals surface area contributed by atoms with Crippen LogP contribution in [-0.4, -0.2) is 22.9 Å². The maximum Gasteiger partial charge on any atom is 0.407 e. The third kappa shape index (κ3) is 4.98. The predicted octanol–water partition coefficient (Wildman–Crippen LogP) is 2.43. The van der Waals surface area contributed by atoms with Crippen LogP contribution in [0.5, 0.6) is 0 Å². The van der Waals surface area contributed by atoms with E-state index in [1.165, 1.54) is 11.8 Å². The van der Waals surface area contributed by atoms with Crippen molar-refractivity contribution in [3.63, 3.8) is 0 Å². The van der Waals surface area contributed by atoms with Gasteiger partial charge < -0.3 is 15.0 Å². The van der Waals surface area contributed by atoms with E-state index in [0.29, 0.717) is 5.56 Å². The van der Waals surface area contributed by atoms with E-state index in [0.717, 1.165) is 10.6 Å². The maximum atomic E-state index is 11.9. The summed E-state index contributed by atoms with van der Waals surface area (Å²) in [7, 11) is 0. The van der Waals surface area contributed by atoms with Gasteiger partial charge in [-0.25, -0.2) is 4.79 Å². The van der Waals surface area contributed by atoms with Crippen LogP contribution >= 0.6 is 11.8 Å². The van der Waals surface area contributed by atoms with Crippen molar-refractivity contribution in [2.24, 2.45) is 0 Å². The van der Waals surface area contributed by atoms with Gasteiger partial charge in [-0.3, -0.25) is 4.79 Å². The van der Waals surface area contributed by atoms with Crippen molar-refractivity contribution in [3.8, 4) is 0 Å². The highest BCUT2D eigenvalue weighted by Crippen LogP contribution is 2.17. The Morgan fingerprint density at radius 3 is 2.63 bits per heavy atom. The SMILES string of the molecule is CSc1cc(C)[nH]c(=O)c1CNC(=O)OC(C)(C)C. The molecule has 0 aliphatic carbocycles. The number of ether oxygens (including phenoxy) is 1. The molecular weight excluding hydrogens is 264 g/mol. The molecule has 6 heteroatoms. The molecule has 2 N–H and O–H groups in total. The number of H-pyrrole nitrogens is 1. The van der Waals surface area contributed by atoms with E-state index in [-0.39, 0.29) is 12.1 Å². The molecule has 0 saturated carbocycles. The Morgan fingerprint density at radius 2 is 2.11 bits per heavy atom. The summed E-state index contributed by atoms with van der Waals surface area (Å²) in [6.07, 6.45) is 1.37. The number of amides is 1. The van der Waals surface area contributed by atoms with Gasteiger partial charge >= 0.3 is 6.09 Å². The van der Waals surface area contributed by atoms with Gasteiger partial charge in [0.05, 0.1) is 12.1 Å². The normalized spacial score (nSPS) is 11.2. The molecule has 1 amide bonds. The van der Waals surface area contributed by atoms with Crippen LogP contribution in [0.25, 0.3) is 0 Å². The highest BCUT2D eigenvalue weighted by molar-refractivity contribution is 7.98. The number of aryl methyl sites for hydroxylation is 1. The first-order valence-corrected chi connectivity index (χ1v) is 7.19. The van der Waals surface area contributed by atoms with Crippen LogP contribution < -0.4 is 10.9 Å². The minimum absolute atomic E-state index is 0.153. The number of aromatic amines is 1. The number of rotatable bonds is 3. The van der Waals surface area contributed by atoms with Crippen LogP contribution in [0.1, 0.15) is 32.0 Å². The molecule has 0 fully saturated rings. The standard InChI is InChI=1S/C13H20N2O3S/c1-8-6-10(19-5)9(11(16)15-8)7-14-12(17)18-13(2,3)4/h6H,7H2,1-5H3,(H,14,17)(H,15,16). The molecule has 0 unspecified atom stereocenters. The predicted molar refractivity (Wildman–Crippen MR) is 76.7 cm³/mol. The minimum atomic E-state index is -0.549. The Hall–Kier alpha value is -1.43. The molecule has 1 heterocycles. The van der Waals surface area contributed by atoms with Crippen molar-refractivity contribution >= 4 is 17.9 Å². The third-order valence-corrected chi connectivity index (χ3v) is 3.06. The number of alkyl carbamates (subject to hydrolysis) is 1. The zero-order chi connectivity index (χ0) is 14.6. The Kier molecular flexibility index (Phi) is 5.05.